The molecule has 1 aromatic carbocycles. The number of rotatable bonds is 5. The number of nitrogens with zero attached hydrogens (tertiary/aromatic N) is 2. The zero-order chi connectivity index (χ0) is 18.8. The Kier molecular flexibility index (Phi) is 5.05. The van der Waals surface area contributed by atoms with Gasteiger partial charge >= 0.3 is 6.36 Å². The average Bonchev–Trinajstić information content (AvgIpc) is 3.06. The van der Waals surface area contributed by atoms with Gasteiger partial charge in [0.2, 0.25) is 10.0 Å². The van der Waals surface area contributed by atoms with E-state index in [1.54, 1.807) is 12.1 Å². The van der Waals surface area contributed by atoms with Crippen molar-refractivity contribution in [3.05, 3.63) is 53.9 Å². The van der Waals surface area contributed by atoms with Gasteiger partial charge in [-0.2, -0.15) is 4.31 Å². The molecule has 10 heteroatoms. The Bertz CT molecular complexity index is 892. The molecular weight excluding hydrogens is 373 g/mol. The average molecular weight is 388 g/mol. The maximum Gasteiger partial charge on any atom is 0.573 e. The molecule has 0 saturated carbocycles. The lowest BCUT2D eigenvalue weighted by molar-refractivity contribution is -0.274. The van der Waals surface area contributed by atoms with E-state index < -0.39 is 16.4 Å². The molecule has 0 radical (unpaired) electrons. The number of aromatic nitrogens is 1. The Labute approximate surface area is 147 Å². The third-order valence-corrected chi connectivity index (χ3v) is 5.60. The van der Waals surface area contributed by atoms with Gasteiger partial charge < -0.3 is 9.26 Å². The van der Waals surface area contributed by atoms with Gasteiger partial charge in [0.05, 0.1) is 5.69 Å². The predicted octanol–water partition coefficient (Wildman–Crippen LogP) is 3.19. The van der Waals surface area contributed by atoms with Crippen LogP contribution in [0.5, 0.6) is 5.75 Å². The highest BCUT2D eigenvalue weighted by molar-refractivity contribution is 7.88. The normalized spacial score (nSPS) is 16.3. The van der Waals surface area contributed by atoms with Crippen LogP contribution in [-0.4, -0.2) is 37.3 Å². The second-order valence-corrected chi connectivity index (χ2v) is 7.63. The molecule has 0 spiro atoms. The zero-order valence-electron chi connectivity index (χ0n) is 13.4. The van der Waals surface area contributed by atoms with Gasteiger partial charge in [-0.15, -0.1) is 13.2 Å². The quantitative estimate of drug-likeness (QED) is 0.787. The van der Waals surface area contributed by atoms with Crippen LogP contribution in [0.25, 0.3) is 5.57 Å². The van der Waals surface area contributed by atoms with E-state index in [4.69, 9.17) is 0 Å². The third kappa shape index (κ3) is 4.64. The summed E-state index contributed by atoms with van der Waals surface area (Å²) >= 11 is 0. The molecular formula is C16H15F3N2O4S. The van der Waals surface area contributed by atoms with Crippen molar-refractivity contribution in [1.29, 1.82) is 0 Å². The molecule has 1 aromatic heterocycles. The van der Waals surface area contributed by atoms with Crippen molar-refractivity contribution in [3.63, 3.8) is 0 Å². The summed E-state index contributed by atoms with van der Waals surface area (Å²) in [4.78, 5) is 0. The van der Waals surface area contributed by atoms with Crippen molar-refractivity contribution in [2.45, 2.75) is 18.5 Å². The van der Waals surface area contributed by atoms with Crippen LogP contribution in [0.15, 0.2) is 47.2 Å². The molecule has 1 aliphatic heterocycles. The highest BCUT2D eigenvalue weighted by atomic mass is 32.2. The fourth-order valence-corrected chi connectivity index (χ4v) is 4.02. The van der Waals surface area contributed by atoms with Gasteiger partial charge in [0.1, 0.15) is 17.8 Å². The lowest BCUT2D eigenvalue weighted by Gasteiger charge is -2.25. The van der Waals surface area contributed by atoms with E-state index in [9.17, 15) is 21.6 Å². The summed E-state index contributed by atoms with van der Waals surface area (Å²) in [5.74, 6) is -0.571. The van der Waals surface area contributed by atoms with Crippen LogP contribution < -0.4 is 4.74 Å². The van der Waals surface area contributed by atoms with Crippen molar-refractivity contribution in [1.82, 2.24) is 9.46 Å². The fraction of sp³-hybridized carbons (Fsp3) is 0.312. The standard InChI is InChI=1S/C16H15F3N2O4S/c17-16(18,19)25-15-3-1-2-13(10-15)12-4-7-21(8-5-12)26(22,23)11-14-6-9-24-20-14/h1-4,6,9-10H,5,7-8,11H2. The van der Waals surface area contributed by atoms with Crippen LogP contribution in [0.3, 0.4) is 0 Å². The summed E-state index contributed by atoms with van der Waals surface area (Å²) in [6.45, 7) is 0.371. The minimum Gasteiger partial charge on any atom is -0.406 e. The number of sulfonamides is 1. The Balaban J connectivity index is 1.70. The molecule has 0 saturated heterocycles. The number of ether oxygens (including phenoxy) is 1. The monoisotopic (exact) mass is 388 g/mol. The molecule has 0 unspecified atom stereocenters. The van der Waals surface area contributed by atoms with Crippen molar-refractivity contribution in [3.8, 4) is 5.75 Å². The first-order valence-corrected chi connectivity index (χ1v) is 9.26. The molecule has 26 heavy (non-hydrogen) atoms. The molecule has 0 N–H and O–H groups in total. The molecule has 0 atom stereocenters. The summed E-state index contributed by atoms with van der Waals surface area (Å²) in [6.07, 6.45) is -1.38. The van der Waals surface area contributed by atoms with Gasteiger partial charge in [-0.3, -0.25) is 0 Å². The molecule has 0 aliphatic carbocycles. The molecule has 6 nitrogen and oxygen atoms in total. The van der Waals surface area contributed by atoms with Crippen molar-refractivity contribution in [2.75, 3.05) is 13.1 Å². The first-order valence-electron chi connectivity index (χ1n) is 7.65. The third-order valence-electron chi connectivity index (χ3n) is 3.83. The first kappa shape index (κ1) is 18.5. The largest absolute Gasteiger partial charge is 0.573 e. The van der Waals surface area contributed by atoms with Crippen LogP contribution in [0.4, 0.5) is 13.2 Å². The van der Waals surface area contributed by atoms with E-state index in [0.29, 0.717) is 17.7 Å². The summed E-state index contributed by atoms with van der Waals surface area (Å²) in [6, 6.07) is 7.11. The minimum absolute atomic E-state index is 0.139. The van der Waals surface area contributed by atoms with Crippen molar-refractivity contribution < 1.29 is 30.8 Å². The van der Waals surface area contributed by atoms with E-state index in [0.717, 1.165) is 5.57 Å². The maximum absolute atomic E-state index is 12.4. The highest BCUT2D eigenvalue weighted by Gasteiger charge is 2.31. The van der Waals surface area contributed by atoms with Gasteiger partial charge in [0.25, 0.3) is 0 Å². The van der Waals surface area contributed by atoms with Gasteiger partial charge in [-0.1, -0.05) is 23.4 Å². The number of hydrogen-bond acceptors (Lipinski definition) is 5. The number of alkyl halides is 3. The van der Waals surface area contributed by atoms with E-state index >= 15 is 0 Å². The van der Waals surface area contributed by atoms with Crippen LogP contribution >= 0.6 is 0 Å². The second kappa shape index (κ2) is 7.12. The Morgan fingerprint density at radius 1 is 1.27 bits per heavy atom. The van der Waals surface area contributed by atoms with E-state index in [-0.39, 0.29) is 24.6 Å². The van der Waals surface area contributed by atoms with Gasteiger partial charge in [0, 0.05) is 19.2 Å². The molecule has 2 heterocycles. The van der Waals surface area contributed by atoms with Gasteiger partial charge in [-0.05, 0) is 29.7 Å². The Morgan fingerprint density at radius 2 is 2.08 bits per heavy atom. The van der Waals surface area contributed by atoms with E-state index in [1.165, 1.54) is 34.8 Å². The Morgan fingerprint density at radius 3 is 2.69 bits per heavy atom. The number of halogens is 3. The van der Waals surface area contributed by atoms with Crippen LogP contribution in [0.2, 0.25) is 0 Å². The summed E-state index contributed by atoms with van der Waals surface area (Å²) in [7, 11) is -3.55. The minimum atomic E-state index is -4.76. The molecule has 1 aliphatic rings. The first-order chi connectivity index (χ1) is 12.2. The number of hydrogen-bond donors (Lipinski definition) is 0. The van der Waals surface area contributed by atoms with E-state index in [2.05, 4.69) is 14.4 Å². The summed E-state index contributed by atoms with van der Waals surface area (Å²) in [5, 5.41) is 3.60. The molecule has 140 valence electrons. The van der Waals surface area contributed by atoms with Gasteiger partial charge in [0.15, 0.2) is 0 Å². The van der Waals surface area contributed by atoms with Crippen molar-refractivity contribution in [2.24, 2.45) is 0 Å². The molecule has 0 fully saturated rings. The summed E-state index contributed by atoms with van der Waals surface area (Å²) in [5.41, 5.74) is 1.66. The van der Waals surface area contributed by atoms with E-state index in [1.807, 2.05) is 0 Å². The maximum atomic E-state index is 12.4. The molecule has 2 aromatic rings. The highest BCUT2D eigenvalue weighted by Crippen LogP contribution is 2.29. The SMILES string of the molecule is O=S(=O)(Cc1ccon1)N1CC=C(c2cccc(OC(F)(F)F)c2)CC1. The lowest BCUT2D eigenvalue weighted by atomic mass is 10.0. The fourth-order valence-electron chi connectivity index (χ4n) is 2.65. The van der Waals surface area contributed by atoms with Crippen LogP contribution in [0, 0.1) is 0 Å². The smallest absolute Gasteiger partial charge is 0.406 e. The van der Waals surface area contributed by atoms with Crippen molar-refractivity contribution >= 4 is 15.6 Å². The lowest BCUT2D eigenvalue weighted by Crippen LogP contribution is -2.35. The topological polar surface area (TPSA) is 72.6 Å². The summed E-state index contributed by atoms with van der Waals surface area (Å²) < 4.78 is 71.6. The van der Waals surface area contributed by atoms with Crippen LogP contribution in [0.1, 0.15) is 17.7 Å². The predicted molar refractivity (Wildman–Crippen MR) is 86.4 cm³/mol. The molecule has 0 bridgehead atoms. The molecule has 0 amide bonds. The van der Waals surface area contributed by atoms with Crippen LogP contribution in [-0.2, 0) is 15.8 Å². The Hall–Kier alpha value is -2.33. The van der Waals surface area contributed by atoms with Gasteiger partial charge in [-0.25, -0.2) is 8.42 Å². The molecule has 3 rings (SSSR count). The zero-order valence-corrected chi connectivity index (χ0v) is 14.3. The second-order valence-electron chi connectivity index (χ2n) is 5.66. The number of benzene rings is 1.